The van der Waals surface area contributed by atoms with Gasteiger partial charge >= 0.3 is 0 Å². The maximum atomic E-state index is 5.82. The van der Waals surface area contributed by atoms with Gasteiger partial charge in [0.2, 0.25) is 0 Å². The highest BCUT2D eigenvalue weighted by atomic mass is 15.3. The van der Waals surface area contributed by atoms with E-state index in [2.05, 4.69) is 53.5 Å². The number of pyridine rings is 1. The quantitative estimate of drug-likeness (QED) is 0.629. The normalized spacial score (nSPS) is 11.2. The average Bonchev–Trinajstić information content (AvgIpc) is 3.09. The van der Waals surface area contributed by atoms with Crippen LogP contribution in [0.3, 0.4) is 0 Å². The van der Waals surface area contributed by atoms with Crippen molar-refractivity contribution in [3.63, 3.8) is 0 Å². The summed E-state index contributed by atoms with van der Waals surface area (Å²) in [6.45, 7) is 4.88. The Kier molecular flexibility index (Phi) is 3.34. The lowest BCUT2D eigenvalue weighted by molar-refractivity contribution is 0.659. The minimum atomic E-state index is 0.531. The summed E-state index contributed by atoms with van der Waals surface area (Å²) in [5, 5.41) is 8.79. The molecule has 0 radical (unpaired) electrons. The first kappa shape index (κ1) is 14.5. The van der Waals surface area contributed by atoms with Crippen molar-refractivity contribution in [2.75, 3.05) is 5.73 Å². The van der Waals surface area contributed by atoms with Gasteiger partial charge in [0.25, 0.3) is 0 Å². The minimum absolute atomic E-state index is 0.531. The van der Waals surface area contributed by atoms with Crippen LogP contribution in [0.15, 0.2) is 54.7 Å². The number of fused-ring (bicyclic) bond motifs is 1. The van der Waals surface area contributed by atoms with Crippen LogP contribution in [0.4, 0.5) is 5.82 Å². The van der Waals surface area contributed by atoms with Crippen molar-refractivity contribution in [3.8, 4) is 11.1 Å². The first-order valence-corrected chi connectivity index (χ1v) is 7.94. The van der Waals surface area contributed by atoms with Crippen LogP contribution in [0.2, 0.25) is 0 Å². The van der Waals surface area contributed by atoms with E-state index in [1.807, 2.05) is 34.5 Å². The van der Waals surface area contributed by atoms with E-state index in [-0.39, 0.29) is 0 Å². The molecule has 0 amide bonds. The van der Waals surface area contributed by atoms with Gasteiger partial charge in [-0.25, -0.2) is 4.52 Å². The van der Waals surface area contributed by atoms with E-state index >= 15 is 0 Å². The van der Waals surface area contributed by atoms with Crippen LogP contribution >= 0.6 is 0 Å². The van der Waals surface area contributed by atoms with Gasteiger partial charge in [-0.3, -0.25) is 4.68 Å². The van der Waals surface area contributed by atoms with Crippen molar-refractivity contribution in [1.82, 2.24) is 19.4 Å². The maximum Gasteiger partial charge on any atom is 0.146 e. The number of benzene rings is 1. The van der Waals surface area contributed by atoms with Gasteiger partial charge in [0.1, 0.15) is 5.82 Å². The SMILES string of the molecule is Cc1cc(C)n(Cc2ccc(-c3cccn4nc(N)cc34)cc2)n1. The first-order valence-electron chi connectivity index (χ1n) is 7.94. The van der Waals surface area contributed by atoms with Gasteiger partial charge in [0, 0.05) is 23.5 Å². The molecule has 0 aliphatic carbocycles. The number of hydrogen-bond acceptors (Lipinski definition) is 3. The molecule has 0 aliphatic heterocycles. The van der Waals surface area contributed by atoms with Crippen molar-refractivity contribution in [2.24, 2.45) is 0 Å². The molecule has 0 atom stereocenters. The van der Waals surface area contributed by atoms with Crippen molar-refractivity contribution >= 4 is 11.3 Å². The van der Waals surface area contributed by atoms with E-state index in [1.54, 1.807) is 0 Å². The van der Waals surface area contributed by atoms with Crippen LogP contribution in [0.25, 0.3) is 16.6 Å². The number of aromatic nitrogens is 4. The number of anilines is 1. The number of rotatable bonds is 3. The molecule has 0 unspecified atom stereocenters. The van der Waals surface area contributed by atoms with Gasteiger partial charge in [0.15, 0.2) is 0 Å². The van der Waals surface area contributed by atoms with Gasteiger partial charge in [0.05, 0.1) is 17.8 Å². The number of aryl methyl sites for hydroxylation is 2. The van der Waals surface area contributed by atoms with E-state index in [1.165, 1.54) is 11.3 Å². The highest BCUT2D eigenvalue weighted by molar-refractivity contribution is 5.81. The Hall–Kier alpha value is -3.08. The molecular weight excluding hydrogens is 298 g/mol. The fraction of sp³-hybridized carbons (Fsp3) is 0.158. The summed E-state index contributed by atoms with van der Waals surface area (Å²) < 4.78 is 3.84. The largest absolute Gasteiger partial charge is 0.382 e. The second kappa shape index (κ2) is 5.53. The molecule has 3 heterocycles. The summed E-state index contributed by atoms with van der Waals surface area (Å²) in [5.41, 5.74) is 12.6. The van der Waals surface area contributed by atoms with Gasteiger partial charge in [-0.05, 0) is 37.1 Å². The smallest absolute Gasteiger partial charge is 0.146 e. The number of nitrogens with two attached hydrogens (primary N) is 1. The third-order valence-corrected chi connectivity index (χ3v) is 4.22. The standard InChI is InChI=1S/C19H19N5/c1-13-10-14(2)24(21-13)12-15-5-7-16(8-6-15)17-4-3-9-23-18(17)11-19(20)22-23/h3-11H,12H2,1-2H3,(H2,20,22). The summed E-state index contributed by atoms with van der Waals surface area (Å²) in [7, 11) is 0. The van der Waals surface area contributed by atoms with Crippen molar-refractivity contribution in [2.45, 2.75) is 20.4 Å². The van der Waals surface area contributed by atoms with Crippen LogP contribution in [-0.4, -0.2) is 19.4 Å². The van der Waals surface area contributed by atoms with Crippen LogP contribution in [0, 0.1) is 13.8 Å². The first-order chi connectivity index (χ1) is 11.6. The second-order valence-electron chi connectivity index (χ2n) is 6.10. The lowest BCUT2D eigenvalue weighted by atomic mass is 10.0. The summed E-state index contributed by atoms with van der Waals surface area (Å²) in [6, 6.07) is 16.6. The van der Waals surface area contributed by atoms with Crippen LogP contribution in [0.1, 0.15) is 17.0 Å². The summed E-state index contributed by atoms with van der Waals surface area (Å²) in [6.07, 6.45) is 1.91. The molecule has 24 heavy (non-hydrogen) atoms. The molecule has 0 spiro atoms. The summed E-state index contributed by atoms with van der Waals surface area (Å²) in [5.74, 6) is 0.531. The highest BCUT2D eigenvalue weighted by Gasteiger charge is 2.07. The topological polar surface area (TPSA) is 61.1 Å². The second-order valence-corrected chi connectivity index (χ2v) is 6.10. The fourth-order valence-electron chi connectivity index (χ4n) is 3.08. The van der Waals surface area contributed by atoms with E-state index in [0.717, 1.165) is 28.9 Å². The fourth-order valence-corrected chi connectivity index (χ4v) is 3.08. The van der Waals surface area contributed by atoms with E-state index in [9.17, 15) is 0 Å². The summed E-state index contributed by atoms with van der Waals surface area (Å²) >= 11 is 0. The molecule has 2 N–H and O–H groups in total. The van der Waals surface area contributed by atoms with Crippen molar-refractivity contribution in [3.05, 3.63) is 71.7 Å². The van der Waals surface area contributed by atoms with Crippen LogP contribution < -0.4 is 5.73 Å². The van der Waals surface area contributed by atoms with E-state index < -0.39 is 0 Å². The molecule has 5 nitrogen and oxygen atoms in total. The number of nitrogens with zero attached hydrogens (tertiary/aromatic N) is 4. The van der Waals surface area contributed by atoms with Gasteiger partial charge < -0.3 is 5.73 Å². The Morgan fingerprint density at radius 1 is 1.00 bits per heavy atom. The molecular formula is C19H19N5. The molecule has 5 heteroatoms. The molecule has 0 saturated carbocycles. The highest BCUT2D eigenvalue weighted by Crippen LogP contribution is 2.26. The number of nitrogen functional groups attached to an aromatic ring is 1. The Balaban J connectivity index is 1.67. The zero-order valence-electron chi connectivity index (χ0n) is 13.8. The molecule has 120 valence electrons. The Morgan fingerprint density at radius 3 is 2.50 bits per heavy atom. The summed E-state index contributed by atoms with van der Waals surface area (Å²) in [4.78, 5) is 0. The molecule has 0 bridgehead atoms. The van der Waals surface area contributed by atoms with Crippen molar-refractivity contribution < 1.29 is 0 Å². The average molecular weight is 317 g/mol. The molecule has 1 aromatic carbocycles. The maximum absolute atomic E-state index is 5.82. The third-order valence-electron chi connectivity index (χ3n) is 4.22. The Bertz CT molecular complexity index is 1010. The van der Waals surface area contributed by atoms with Gasteiger partial charge in [-0.15, -0.1) is 0 Å². The Morgan fingerprint density at radius 2 is 1.79 bits per heavy atom. The van der Waals surface area contributed by atoms with Crippen LogP contribution in [-0.2, 0) is 6.54 Å². The van der Waals surface area contributed by atoms with Crippen molar-refractivity contribution in [1.29, 1.82) is 0 Å². The van der Waals surface area contributed by atoms with E-state index in [0.29, 0.717) is 5.82 Å². The third kappa shape index (κ3) is 2.54. The predicted molar refractivity (Wildman–Crippen MR) is 95.8 cm³/mol. The van der Waals surface area contributed by atoms with E-state index in [4.69, 9.17) is 5.73 Å². The molecule has 0 fully saturated rings. The Labute approximate surface area is 140 Å². The molecule has 0 saturated heterocycles. The van der Waals surface area contributed by atoms with Gasteiger partial charge in [-0.1, -0.05) is 30.3 Å². The zero-order chi connectivity index (χ0) is 16.7. The number of hydrogen-bond donors (Lipinski definition) is 1. The molecule has 4 rings (SSSR count). The molecule has 3 aromatic heterocycles. The van der Waals surface area contributed by atoms with Gasteiger partial charge in [-0.2, -0.15) is 10.2 Å². The molecule has 0 aliphatic rings. The monoisotopic (exact) mass is 317 g/mol. The lowest BCUT2D eigenvalue weighted by Gasteiger charge is -2.07. The van der Waals surface area contributed by atoms with Crippen LogP contribution in [0.5, 0.6) is 0 Å². The minimum Gasteiger partial charge on any atom is -0.382 e. The molecule has 4 aromatic rings. The zero-order valence-corrected chi connectivity index (χ0v) is 13.8. The predicted octanol–water partition coefficient (Wildman–Crippen LogP) is 3.45. The lowest BCUT2D eigenvalue weighted by Crippen LogP contribution is -2.03.